The summed E-state index contributed by atoms with van der Waals surface area (Å²) in [5.74, 6) is -0.0395. The first kappa shape index (κ1) is 17.1. The van der Waals surface area contributed by atoms with E-state index in [1.165, 1.54) is 6.07 Å². The number of nitrogens with two attached hydrogens (primary N) is 1. The highest BCUT2D eigenvalue weighted by atomic mass is 79.9. The fourth-order valence-corrected chi connectivity index (χ4v) is 2.96. The van der Waals surface area contributed by atoms with Gasteiger partial charge in [-0.1, -0.05) is 29.8 Å². The van der Waals surface area contributed by atoms with Gasteiger partial charge in [-0.15, -0.1) is 0 Å². The maximum absolute atomic E-state index is 12.1. The SMILES string of the molecule is Cc1c(Br)cc(C(=O)NC(C)C(C)C)cc1S(N)(=O)=O. The molecule has 1 amide bonds. The zero-order chi connectivity index (χ0) is 15.7. The van der Waals surface area contributed by atoms with Crippen molar-refractivity contribution in [2.24, 2.45) is 11.1 Å². The molecule has 0 fully saturated rings. The van der Waals surface area contributed by atoms with E-state index in [1.54, 1.807) is 13.0 Å². The molecule has 1 aromatic rings. The Kier molecular flexibility index (Phi) is 5.34. The monoisotopic (exact) mass is 362 g/mol. The predicted molar refractivity (Wildman–Crippen MR) is 82.0 cm³/mol. The maximum atomic E-state index is 12.1. The lowest BCUT2D eigenvalue weighted by Crippen LogP contribution is -2.36. The molecule has 0 aliphatic rings. The lowest BCUT2D eigenvalue weighted by Gasteiger charge is -2.18. The molecule has 112 valence electrons. The first-order chi connectivity index (χ1) is 9.04. The van der Waals surface area contributed by atoms with Crippen molar-refractivity contribution in [1.29, 1.82) is 0 Å². The van der Waals surface area contributed by atoms with Crippen LogP contribution in [0.1, 0.15) is 36.7 Å². The van der Waals surface area contributed by atoms with E-state index in [1.807, 2.05) is 20.8 Å². The van der Waals surface area contributed by atoms with Crippen molar-refractivity contribution in [3.05, 3.63) is 27.7 Å². The molecule has 5 nitrogen and oxygen atoms in total. The second-order valence-electron chi connectivity index (χ2n) is 5.13. The Morgan fingerprint density at radius 3 is 2.30 bits per heavy atom. The summed E-state index contributed by atoms with van der Waals surface area (Å²) in [4.78, 5) is 12.1. The van der Waals surface area contributed by atoms with E-state index in [0.717, 1.165) is 0 Å². The minimum Gasteiger partial charge on any atom is -0.349 e. The summed E-state index contributed by atoms with van der Waals surface area (Å²) in [6, 6.07) is 2.88. The third kappa shape index (κ3) is 4.04. The van der Waals surface area contributed by atoms with Gasteiger partial charge in [-0.2, -0.15) is 0 Å². The molecule has 7 heteroatoms. The van der Waals surface area contributed by atoms with Crippen molar-refractivity contribution in [2.75, 3.05) is 0 Å². The number of benzene rings is 1. The van der Waals surface area contributed by atoms with E-state index in [-0.39, 0.29) is 28.3 Å². The first-order valence-corrected chi connectivity index (χ1v) is 8.51. The van der Waals surface area contributed by atoms with Gasteiger partial charge in [-0.25, -0.2) is 13.6 Å². The number of hydrogen-bond donors (Lipinski definition) is 2. The number of halogens is 1. The molecule has 0 radical (unpaired) electrons. The zero-order valence-corrected chi connectivity index (χ0v) is 14.3. The Morgan fingerprint density at radius 1 is 1.30 bits per heavy atom. The molecule has 1 rings (SSSR count). The van der Waals surface area contributed by atoms with Crippen LogP contribution in [-0.4, -0.2) is 20.4 Å². The molecule has 1 unspecified atom stereocenters. The molecule has 20 heavy (non-hydrogen) atoms. The summed E-state index contributed by atoms with van der Waals surface area (Å²) < 4.78 is 23.6. The summed E-state index contributed by atoms with van der Waals surface area (Å²) in [6.07, 6.45) is 0. The van der Waals surface area contributed by atoms with Gasteiger partial charge >= 0.3 is 0 Å². The Labute approximate surface area is 128 Å². The van der Waals surface area contributed by atoms with E-state index in [0.29, 0.717) is 10.0 Å². The van der Waals surface area contributed by atoms with Crippen LogP contribution in [0, 0.1) is 12.8 Å². The Morgan fingerprint density at radius 2 is 1.85 bits per heavy atom. The van der Waals surface area contributed by atoms with Crippen LogP contribution < -0.4 is 10.5 Å². The van der Waals surface area contributed by atoms with Crippen molar-refractivity contribution in [1.82, 2.24) is 5.32 Å². The first-order valence-electron chi connectivity index (χ1n) is 6.18. The van der Waals surface area contributed by atoms with Crippen molar-refractivity contribution in [2.45, 2.75) is 38.6 Å². The summed E-state index contributed by atoms with van der Waals surface area (Å²) in [5.41, 5.74) is 0.750. The van der Waals surface area contributed by atoms with Crippen LogP contribution >= 0.6 is 15.9 Å². The molecule has 0 aliphatic heterocycles. The molecule has 3 N–H and O–H groups in total. The van der Waals surface area contributed by atoms with Gasteiger partial charge in [-0.3, -0.25) is 4.79 Å². The number of carbonyl (C=O) groups excluding carboxylic acids is 1. The second kappa shape index (κ2) is 6.24. The van der Waals surface area contributed by atoms with E-state index in [9.17, 15) is 13.2 Å². The van der Waals surface area contributed by atoms with Gasteiger partial charge in [0.05, 0.1) is 4.90 Å². The van der Waals surface area contributed by atoms with Gasteiger partial charge in [-0.05, 0) is 37.5 Å². The average Bonchev–Trinajstić information content (AvgIpc) is 2.30. The van der Waals surface area contributed by atoms with Gasteiger partial charge in [0.1, 0.15) is 0 Å². The largest absolute Gasteiger partial charge is 0.349 e. The second-order valence-corrected chi connectivity index (χ2v) is 7.52. The van der Waals surface area contributed by atoms with Crippen LogP contribution in [0.15, 0.2) is 21.5 Å². The highest BCUT2D eigenvalue weighted by Gasteiger charge is 2.19. The molecule has 0 heterocycles. The standard InChI is InChI=1S/C13H19BrN2O3S/c1-7(2)9(4)16-13(17)10-5-11(14)8(3)12(6-10)20(15,18)19/h5-7,9H,1-4H3,(H,16,17)(H2,15,18,19). The topological polar surface area (TPSA) is 89.3 Å². The van der Waals surface area contributed by atoms with Gasteiger partial charge in [0.2, 0.25) is 10.0 Å². The minimum absolute atomic E-state index is 0.0134. The predicted octanol–water partition coefficient (Wildman–Crippen LogP) is 2.18. The molecule has 0 saturated heterocycles. The fraction of sp³-hybridized carbons (Fsp3) is 0.462. The molecule has 0 spiro atoms. The van der Waals surface area contributed by atoms with Gasteiger partial charge < -0.3 is 5.32 Å². The normalized spacial score (nSPS) is 13.3. The number of carbonyl (C=O) groups is 1. The zero-order valence-electron chi connectivity index (χ0n) is 11.9. The molecule has 0 aromatic heterocycles. The number of nitrogens with one attached hydrogen (secondary N) is 1. The molecule has 1 aromatic carbocycles. The molecule has 0 bridgehead atoms. The molecular formula is C13H19BrN2O3S. The third-order valence-corrected chi connectivity index (χ3v) is 5.08. The number of sulfonamides is 1. The van der Waals surface area contributed by atoms with E-state index >= 15 is 0 Å². The maximum Gasteiger partial charge on any atom is 0.251 e. The van der Waals surface area contributed by atoms with Crippen LogP contribution in [0.25, 0.3) is 0 Å². The summed E-state index contributed by atoms with van der Waals surface area (Å²) >= 11 is 3.25. The number of amides is 1. The van der Waals surface area contributed by atoms with E-state index in [2.05, 4.69) is 21.2 Å². The Balaban J connectivity index is 3.21. The van der Waals surface area contributed by atoms with E-state index in [4.69, 9.17) is 5.14 Å². The Bertz CT molecular complexity index is 627. The lowest BCUT2D eigenvalue weighted by molar-refractivity contribution is 0.0930. The van der Waals surface area contributed by atoms with Gasteiger partial charge in [0.25, 0.3) is 5.91 Å². The smallest absolute Gasteiger partial charge is 0.251 e. The van der Waals surface area contributed by atoms with Gasteiger partial charge in [0, 0.05) is 16.1 Å². The lowest BCUT2D eigenvalue weighted by atomic mass is 10.1. The third-order valence-electron chi connectivity index (χ3n) is 3.22. The average molecular weight is 363 g/mol. The van der Waals surface area contributed by atoms with Crippen LogP contribution in [0.5, 0.6) is 0 Å². The quantitative estimate of drug-likeness (QED) is 0.859. The number of primary sulfonamides is 1. The van der Waals surface area contributed by atoms with Crippen LogP contribution in [0.3, 0.4) is 0 Å². The molecular weight excluding hydrogens is 344 g/mol. The van der Waals surface area contributed by atoms with E-state index < -0.39 is 10.0 Å². The van der Waals surface area contributed by atoms with Crippen molar-refractivity contribution in [3.63, 3.8) is 0 Å². The fourth-order valence-electron chi connectivity index (χ4n) is 1.54. The van der Waals surface area contributed by atoms with Gasteiger partial charge in [0.15, 0.2) is 0 Å². The minimum atomic E-state index is -3.87. The number of rotatable bonds is 4. The number of hydrogen-bond acceptors (Lipinski definition) is 3. The van der Waals surface area contributed by atoms with Crippen molar-refractivity contribution < 1.29 is 13.2 Å². The summed E-state index contributed by atoms with van der Waals surface area (Å²) in [6.45, 7) is 7.51. The van der Waals surface area contributed by atoms with Crippen molar-refractivity contribution in [3.8, 4) is 0 Å². The molecule has 0 aliphatic carbocycles. The summed E-state index contributed by atoms with van der Waals surface area (Å²) in [5, 5.41) is 7.99. The van der Waals surface area contributed by atoms with Crippen LogP contribution in [0.2, 0.25) is 0 Å². The summed E-state index contributed by atoms with van der Waals surface area (Å²) in [7, 11) is -3.87. The highest BCUT2D eigenvalue weighted by Crippen LogP contribution is 2.25. The van der Waals surface area contributed by atoms with Crippen molar-refractivity contribution >= 4 is 31.9 Å². The molecule has 0 saturated carbocycles. The Hall–Kier alpha value is -0.920. The highest BCUT2D eigenvalue weighted by molar-refractivity contribution is 9.10. The van der Waals surface area contributed by atoms with Crippen LogP contribution in [-0.2, 0) is 10.0 Å². The molecule has 1 atom stereocenters. The van der Waals surface area contributed by atoms with Crippen LogP contribution in [0.4, 0.5) is 0 Å².